The number of carbonyl (C=O) groups is 1. The molecule has 0 aliphatic rings. The maximum Gasteiger partial charge on any atom is 0.307 e. The highest BCUT2D eigenvalue weighted by atomic mass is 79.9. The second-order valence-electron chi connectivity index (χ2n) is 3.74. The molecule has 18 heavy (non-hydrogen) atoms. The van der Waals surface area contributed by atoms with Crippen LogP contribution in [0.25, 0.3) is 0 Å². The van der Waals surface area contributed by atoms with Crippen molar-refractivity contribution in [2.75, 3.05) is 6.61 Å². The molecule has 6 heteroatoms. The van der Waals surface area contributed by atoms with Crippen molar-refractivity contribution in [2.45, 2.75) is 26.3 Å². The fourth-order valence-electron chi connectivity index (χ4n) is 1.53. The van der Waals surface area contributed by atoms with E-state index in [-0.39, 0.29) is 24.6 Å². The summed E-state index contributed by atoms with van der Waals surface area (Å²) in [5.74, 6) is -0.790. The van der Waals surface area contributed by atoms with Crippen LogP contribution >= 0.6 is 28.3 Å². The maximum absolute atomic E-state index is 13.8. The van der Waals surface area contributed by atoms with E-state index >= 15 is 0 Å². The third kappa shape index (κ3) is 4.55. The van der Waals surface area contributed by atoms with E-state index in [9.17, 15) is 9.18 Å². The lowest BCUT2D eigenvalue weighted by atomic mass is 10.0. The highest BCUT2D eigenvalue weighted by Crippen LogP contribution is 2.25. The summed E-state index contributed by atoms with van der Waals surface area (Å²) < 4.78 is 19.3. The molecule has 0 bridgehead atoms. The molecule has 0 fully saturated rings. The fraction of sp³-hybridized carbons (Fsp3) is 0.417. The molecule has 1 aromatic carbocycles. The summed E-state index contributed by atoms with van der Waals surface area (Å²) in [7, 11) is 0. The van der Waals surface area contributed by atoms with Crippen molar-refractivity contribution in [2.24, 2.45) is 5.73 Å². The Morgan fingerprint density at radius 2 is 2.17 bits per heavy atom. The zero-order chi connectivity index (χ0) is 13.0. The van der Waals surface area contributed by atoms with Gasteiger partial charge in [-0.05, 0) is 31.5 Å². The molecule has 0 aromatic heterocycles. The first kappa shape index (κ1) is 17.4. The molecular formula is C12H16BrClFNO2. The van der Waals surface area contributed by atoms with Gasteiger partial charge in [0.25, 0.3) is 0 Å². The van der Waals surface area contributed by atoms with Crippen molar-refractivity contribution in [1.29, 1.82) is 0 Å². The van der Waals surface area contributed by atoms with Crippen LogP contribution in [0.3, 0.4) is 0 Å². The summed E-state index contributed by atoms with van der Waals surface area (Å²) in [6, 6.07) is 2.56. The Bertz CT molecular complexity index is 429. The standard InChI is InChI=1S/C12H15BrFNO2.ClH/c1-3-17-11(16)6-10(15)9-5-8(13)4-7(2)12(9)14;/h4-5,10H,3,6,15H2,1-2H3;1H/t10-;/m1./s1. The van der Waals surface area contributed by atoms with Crippen LogP contribution in [-0.4, -0.2) is 12.6 Å². The summed E-state index contributed by atoms with van der Waals surface area (Å²) in [6.07, 6.45) is -0.0271. The summed E-state index contributed by atoms with van der Waals surface area (Å²) >= 11 is 3.27. The van der Waals surface area contributed by atoms with Crippen LogP contribution in [0.5, 0.6) is 0 Å². The van der Waals surface area contributed by atoms with E-state index in [4.69, 9.17) is 10.5 Å². The van der Waals surface area contributed by atoms with Crippen molar-refractivity contribution < 1.29 is 13.9 Å². The van der Waals surface area contributed by atoms with E-state index in [1.165, 1.54) is 0 Å². The molecule has 0 saturated carbocycles. The average Bonchev–Trinajstić information content (AvgIpc) is 2.23. The molecule has 0 radical (unpaired) electrons. The first-order valence-electron chi connectivity index (χ1n) is 5.32. The van der Waals surface area contributed by atoms with E-state index < -0.39 is 12.0 Å². The Labute approximate surface area is 120 Å². The van der Waals surface area contributed by atoms with Crippen molar-refractivity contribution in [3.63, 3.8) is 0 Å². The number of ether oxygens (including phenoxy) is 1. The lowest BCUT2D eigenvalue weighted by molar-refractivity contribution is -0.143. The van der Waals surface area contributed by atoms with E-state index in [1.54, 1.807) is 26.0 Å². The first-order chi connectivity index (χ1) is 7.95. The molecule has 0 aliphatic carbocycles. The van der Waals surface area contributed by atoms with Crippen LogP contribution < -0.4 is 5.73 Å². The van der Waals surface area contributed by atoms with Gasteiger partial charge in [0.15, 0.2) is 0 Å². The fourth-order valence-corrected chi connectivity index (χ4v) is 2.12. The van der Waals surface area contributed by atoms with Gasteiger partial charge in [-0.2, -0.15) is 0 Å². The molecule has 2 N–H and O–H groups in total. The lowest BCUT2D eigenvalue weighted by Crippen LogP contribution is -2.18. The molecule has 1 atom stereocenters. The van der Waals surface area contributed by atoms with E-state index in [2.05, 4.69) is 15.9 Å². The topological polar surface area (TPSA) is 52.3 Å². The van der Waals surface area contributed by atoms with Crippen LogP contribution in [-0.2, 0) is 9.53 Å². The van der Waals surface area contributed by atoms with Crippen LogP contribution in [0, 0.1) is 12.7 Å². The second kappa shape index (κ2) is 7.71. The van der Waals surface area contributed by atoms with Crippen LogP contribution in [0.15, 0.2) is 16.6 Å². The number of halogens is 3. The van der Waals surface area contributed by atoms with Gasteiger partial charge in [-0.15, -0.1) is 12.4 Å². The molecule has 1 aromatic rings. The van der Waals surface area contributed by atoms with Crippen molar-refractivity contribution in [1.82, 2.24) is 0 Å². The Hall–Kier alpha value is -0.650. The van der Waals surface area contributed by atoms with Crippen molar-refractivity contribution in [3.8, 4) is 0 Å². The highest BCUT2D eigenvalue weighted by Gasteiger charge is 2.18. The average molecular weight is 341 g/mol. The molecule has 3 nitrogen and oxygen atoms in total. The minimum absolute atomic E-state index is 0. The number of benzene rings is 1. The molecule has 0 unspecified atom stereocenters. The number of rotatable bonds is 4. The molecular weight excluding hydrogens is 324 g/mol. The van der Waals surface area contributed by atoms with E-state index in [0.717, 1.165) is 4.47 Å². The van der Waals surface area contributed by atoms with Crippen LogP contribution in [0.4, 0.5) is 4.39 Å². The monoisotopic (exact) mass is 339 g/mol. The van der Waals surface area contributed by atoms with Crippen LogP contribution in [0.2, 0.25) is 0 Å². The SMILES string of the molecule is CCOC(=O)C[C@@H](N)c1cc(Br)cc(C)c1F.Cl. The number of hydrogen-bond donors (Lipinski definition) is 1. The summed E-state index contributed by atoms with van der Waals surface area (Å²) in [4.78, 5) is 11.3. The lowest BCUT2D eigenvalue weighted by Gasteiger charge is -2.14. The van der Waals surface area contributed by atoms with Gasteiger partial charge in [-0.25, -0.2) is 4.39 Å². The molecule has 0 aliphatic heterocycles. The van der Waals surface area contributed by atoms with Gasteiger partial charge in [0.2, 0.25) is 0 Å². The minimum Gasteiger partial charge on any atom is -0.466 e. The second-order valence-corrected chi connectivity index (χ2v) is 4.66. The van der Waals surface area contributed by atoms with Gasteiger partial charge in [-0.1, -0.05) is 15.9 Å². The Morgan fingerprint density at radius 1 is 1.56 bits per heavy atom. The van der Waals surface area contributed by atoms with Gasteiger partial charge in [-0.3, -0.25) is 4.79 Å². The number of esters is 1. The Morgan fingerprint density at radius 3 is 2.72 bits per heavy atom. The van der Waals surface area contributed by atoms with Gasteiger partial charge >= 0.3 is 5.97 Å². The molecule has 0 saturated heterocycles. The van der Waals surface area contributed by atoms with Gasteiger partial charge in [0, 0.05) is 16.1 Å². The quantitative estimate of drug-likeness (QED) is 0.856. The molecule has 0 amide bonds. The smallest absolute Gasteiger partial charge is 0.307 e. The molecule has 0 spiro atoms. The third-order valence-electron chi connectivity index (χ3n) is 2.34. The zero-order valence-corrected chi connectivity index (χ0v) is 12.6. The molecule has 1 rings (SSSR count). The number of hydrogen-bond acceptors (Lipinski definition) is 3. The maximum atomic E-state index is 13.8. The van der Waals surface area contributed by atoms with Gasteiger partial charge in [0.1, 0.15) is 5.82 Å². The van der Waals surface area contributed by atoms with Crippen LogP contribution in [0.1, 0.15) is 30.5 Å². The highest BCUT2D eigenvalue weighted by molar-refractivity contribution is 9.10. The molecule has 0 heterocycles. The third-order valence-corrected chi connectivity index (χ3v) is 2.80. The Kier molecular flexibility index (Phi) is 7.43. The van der Waals surface area contributed by atoms with Gasteiger partial charge in [0.05, 0.1) is 13.0 Å². The van der Waals surface area contributed by atoms with Crippen molar-refractivity contribution >= 4 is 34.3 Å². The molecule has 102 valence electrons. The predicted molar refractivity (Wildman–Crippen MR) is 74.3 cm³/mol. The zero-order valence-electron chi connectivity index (χ0n) is 10.2. The number of carbonyl (C=O) groups excluding carboxylic acids is 1. The largest absolute Gasteiger partial charge is 0.466 e. The van der Waals surface area contributed by atoms with Crippen molar-refractivity contribution in [3.05, 3.63) is 33.5 Å². The van der Waals surface area contributed by atoms with Gasteiger partial charge < -0.3 is 10.5 Å². The summed E-state index contributed by atoms with van der Waals surface area (Å²) in [5.41, 5.74) is 6.62. The first-order valence-corrected chi connectivity index (χ1v) is 6.11. The summed E-state index contributed by atoms with van der Waals surface area (Å²) in [5, 5.41) is 0. The van der Waals surface area contributed by atoms with E-state index in [0.29, 0.717) is 17.7 Å². The number of nitrogens with two attached hydrogens (primary N) is 1. The predicted octanol–water partition coefficient (Wildman–Crippen LogP) is 3.27. The normalized spacial score (nSPS) is 11.6. The summed E-state index contributed by atoms with van der Waals surface area (Å²) in [6.45, 7) is 3.67. The Balaban J connectivity index is 0.00000289. The van der Waals surface area contributed by atoms with E-state index in [1.807, 2.05) is 0 Å². The number of aryl methyl sites for hydroxylation is 1. The minimum atomic E-state index is -0.690.